The molecule has 0 aromatic carbocycles. The van der Waals surface area contributed by atoms with Crippen LogP contribution in [-0.4, -0.2) is 12.6 Å². The lowest BCUT2D eigenvalue weighted by Crippen LogP contribution is -2.39. The summed E-state index contributed by atoms with van der Waals surface area (Å²) in [6.45, 7) is 13.1. The molecule has 0 spiro atoms. The SMILES string of the molecule is CCC(C)CC(CC)NCC1(CC(C)C)CCCC1. The van der Waals surface area contributed by atoms with E-state index in [4.69, 9.17) is 0 Å². The first-order valence-corrected chi connectivity index (χ1v) is 8.74. The van der Waals surface area contributed by atoms with Gasteiger partial charge in [-0.2, -0.15) is 0 Å². The molecule has 2 atom stereocenters. The fraction of sp³-hybridized carbons (Fsp3) is 1.00. The highest BCUT2D eigenvalue weighted by Gasteiger charge is 2.34. The summed E-state index contributed by atoms with van der Waals surface area (Å²) >= 11 is 0. The van der Waals surface area contributed by atoms with Crippen LogP contribution in [0.15, 0.2) is 0 Å². The first-order valence-electron chi connectivity index (χ1n) is 8.74. The molecule has 0 bridgehead atoms. The lowest BCUT2D eigenvalue weighted by molar-refractivity contribution is 0.208. The van der Waals surface area contributed by atoms with Gasteiger partial charge in [-0.05, 0) is 49.4 Å². The number of rotatable bonds is 9. The van der Waals surface area contributed by atoms with Crippen molar-refractivity contribution in [3.05, 3.63) is 0 Å². The summed E-state index contributed by atoms with van der Waals surface area (Å²) in [7, 11) is 0. The van der Waals surface area contributed by atoms with Gasteiger partial charge in [-0.25, -0.2) is 0 Å². The molecular formula is C18H37N. The van der Waals surface area contributed by atoms with Crippen molar-refractivity contribution in [2.75, 3.05) is 6.54 Å². The van der Waals surface area contributed by atoms with E-state index in [0.29, 0.717) is 5.41 Å². The summed E-state index contributed by atoms with van der Waals surface area (Å²) in [4.78, 5) is 0. The lowest BCUT2D eigenvalue weighted by atomic mass is 9.78. The first-order chi connectivity index (χ1) is 9.01. The summed E-state index contributed by atoms with van der Waals surface area (Å²) in [5, 5.41) is 3.92. The molecule has 0 amide bonds. The van der Waals surface area contributed by atoms with E-state index in [1.165, 1.54) is 57.9 Å². The summed E-state index contributed by atoms with van der Waals surface area (Å²) in [6, 6.07) is 0.736. The largest absolute Gasteiger partial charge is 0.313 e. The van der Waals surface area contributed by atoms with Crippen molar-refractivity contribution in [3.63, 3.8) is 0 Å². The van der Waals surface area contributed by atoms with E-state index in [9.17, 15) is 0 Å². The molecule has 19 heavy (non-hydrogen) atoms. The van der Waals surface area contributed by atoms with Crippen LogP contribution in [0.3, 0.4) is 0 Å². The van der Waals surface area contributed by atoms with Gasteiger partial charge in [0, 0.05) is 12.6 Å². The molecule has 1 fully saturated rings. The average molecular weight is 268 g/mol. The fourth-order valence-electron chi connectivity index (χ4n) is 3.85. The van der Waals surface area contributed by atoms with E-state index in [1.807, 2.05) is 0 Å². The second kappa shape index (κ2) is 8.29. The molecule has 1 aliphatic carbocycles. The molecule has 0 radical (unpaired) electrons. The molecule has 0 heterocycles. The van der Waals surface area contributed by atoms with Gasteiger partial charge in [0.15, 0.2) is 0 Å². The predicted octanol–water partition coefficient (Wildman–Crippen LogP) is 5.40. The Labute approximate surface area is 121 Å². The van der Waals surface area contributed by atoms with E-state index in [2.05, 4.69) is 39.9 Å². The van der Waals surface area contributed by atoms with Crippen LogP contribution in [0.5, 0.6) is 0 Å². The molecule has 0 aromatic heterocycles. The van der Waals surface area contributed by atoms with Crippen LogP contribution in [0.4, 0.5) is 0 Å². The molecule has 0 aliphatic heterocycles. The van der Waals surface area contributed by atoms with Gasteiger partial charge in [0.25, 0.3) is 0 Å². The van der Waals surface area contributed by atoms with Gasteiger partial charge in [0.05, 0.1) is 0 Å². The van der Waals surface area contributed by atoms with Gasteiger partial charge < -0.3 is 5.32 Å². The molecule has 0 aromatic rings. The van der Waals surface area contributed by atoms with Gasteiger partial charge in [-0.15, -0.1) is 0 Å². The minimum atomic E-state index is 0.622. The molecular weight excluding hydrogens is 230 g/mol. The predicted molar refractivity (Wildman–Crippen MR) is 86.5 cm³/mol. The molecule has 2 unspecified atom stereocenters. The topological polar surface area (TPSA) is 12.0 Å². The van der Waals surface area contributed by atoms with Gasteiger partial charge >= 0.3 is 0 Å². The van der Waals surface area contributed by atoms with E-state index in [0.717, 1.165) is 17.9 Å². The van der Waals surface area contributed by atoms with Crippen LogP contribution in [0.25, 0.3) is 0 Å². The molecule has 1 aliphatic rings. The summed E-state index contributed by atoms with van der Waals surface area (Å²) in [5.41, 5.74) is 0.622. The number of nitrogens with one attached hydrogen (secondary N) is 1. The van der Waals surface area contributed by atoms with Crippen molar-refractivity contribution in [2.45, 2.75) is 92.0 Å². The normalized spacial score (nSPS) is 21.8. The third kappa shape index (κ3) is 5.85. The first kappa shape index (κ1) is 17.0. The summed E-state index contributed by atoms with van der Waals surface area (Å²) < 4.78 is 0. The zero-order chi connectivity index (χ0) is 14.3. The van der Waals surface area contributed by atoms with Crippen molar-refractivity contribution in [1.29, 1.82) is 0 Å². The maximum Gasteiger partial charge on any atom is 0.00672 e. The Morgan fingerprint density at radius 2 is 1.63 bits per heavy atom. The van der Waals surface area contributed by atoms with Crippen LogP contribution >= 0.6 is 0 Å². The van der Waals surface area contributed by atoms with Crippen LogP contribution in [0, 0.1) is 17.3 Å². The Hall–Kier alpha value is -0.0400. The smallest absolute Gasteiger partial charge is 0.00672 e. The van der Waals surface area contributed by atoms with Crippen LogP contribution < -0.4 is 5.32 Å². The highest BCUT2D eigenvalue weighted by Crippen LogP contribution is 2.42. The fourth-order valence-corrected chi connectivity index (χ4v) is 3.85. The third-order valence-electron chi connectivity index (χ3n) is 5.15. The van der Waals surface area contributed by atoms with Gasteiger partial charge in [-0.3, -0.25) is 0 Å². The van der Waals surface area contributed by atoms with Crippen LogP contribution in [0.1, 0.15) is 86.0 Å². The zero-order valence-corrected chi connectivity index (χ0v) is 14.1. The van der Waals surface area contributed by atoms with Gasteiger partial charge in [0.2, 0.25) is 0 Å². The maximum atomic E-state index is 3.92. The second-order valence-corrected chi connectivity index (χ2v) is 7.54. The second-order valence-electron chi connectivity index (χ2n) is 7.54. The molecule has 0 saturated heterocycles. The zero-order valence-electron chi connectivity index (χ0n) is 14.1. The average Bonchev–Trinajstić information content (AvgIpc) is 2.82. The van der Waals surface area contributed by atoms with E-state index < -0.39 is 0 Å². The van der Waals surface area contributed by atoms with Crippen molar-refractivity contribution in [3.8, 4) is 0 Å². The Morgan fingerprint density at radius 3 is 2.11 bits per heavy atom. The standard InChI is InChI=1S/C18H37N/c1-6-16(5)12-17(7-2)19-14-18(13-15(3)4)10-8-9-11-18/h15-17,19H,6-14H2,1-5H3. The summed E-state index contributed by atoms with van der Waals surface area (Å²) in [6.07, 6.45) is 11.2. The van der Waals surface area contributed by atoms with Gasteiger partial charge in [-0.1, -0.05) is 53.9 Å². The molecule has 1 rings (SSSR count). The molecule has 114 valence electrons. The number of hydrogen-bond donors (Lipinski definition) is 1. The van der Waals surface area contributed by atoms with E-state index >= 15 is 0 Å². The Bertz CT molecular complexity index is 228. The van der Waals surface area contributed by atoms with Crippen molar-refractivity contribution >= 4 is 0 Å². The third-order valence-corrected chi connectivity index (χ3v) is 5.15. The maximum absolute atomic E-state index is 3.92. The van der Waals surface area contributed by atoms with Crippen molar-refractivity contribution in [1.82, 2.24) is 5.32 Å². The van der Waals surface area contributed by atoms with Crippen molar-refractivity contribution in [2.24, 2.45) is 17.3 Å². The molecule has 1 nitrogen and oxygen atoms in total. The quantitative estimate of drug-likeness (QED) is 0.590. The minimum absolute atomic E-state index is 0.622. The molecule has 1 saturated carbocycles. The molecule has 1 N–H and O–H groups in total. The van der Waals surface area contributed by atoms with E-state index in [1.54, 1.807) is 0 Å². The highest BCUT2D eigenvalue weighted by atomic mass is 14.9. The monoisotopic (exact) mass is 267 g/mol. The van der Waals surface area contributed by atoms with Crippen molar-refractivity contribution < 1.29 is 0 Å². The van der Waals surface area contributed by atoms with Crippen LogP contribution in [-0.2, 0) is 0 Å². The van der Waals surface area contributed by atoms with E-state index in [-0.39, 0.29) is 0 Å². The highest BCUT2D eigenvalue weighted by molar-refractivity contribution is 4.88. The van der Waals surface area contributed by atoms with Gasteiger partial charge in [0.1, 0.15) is 0 Å². The molecule has 1 heteroatoms. The minimum Gasteiger partial charge on any atom is -0.313 e. The Morgan fingerprint density at radius 1 is 1.00 bits per heavy atom. The Balaban J connectivity index is 2.45. The Kier molecular flexibility index (Phi) is 7.42. The summed E-state index contributed by atoms with van der Waals surface area (Å²) in [5.74, 6) is 1.71. The lowest BCUT2D eigenvalue weighted by Gasteiger charge is -2.33. The number of hydrogen-bond acceptors (Lipinski definition) is 1. The van der Waals surface area contributed by atoms with Crippen LogP contribution in [0.2, 0.25) is 0 Å².